The molecule has 1 unspecified atom stereocenters. The monoisotopic (exact) mass is 433 g/mol. The fourth-order valence-electron chi connectivity index (χ4n) is 5.17. The number of hydrogen-bond acceptors (Lipinski definition) is 6. The van der Waals surface area contributed by atoms with Gasteiger partial charge in [0.2, 0.25) is 0 Å². The molecule has 8 heteroatoms. The number of nitrogens with one attached hydrogen (secondary N) is 1. The standard InChI is InChI=1S/C24H24FN5O2/c25-19-2-3-20(27)18(13-26)22(19)32-16-1-4-21-17(11-16)23(31)30(14-29-21)15-5-6-24(12-15)7-9-28-10-8-24/h1-4,11,14-15,28H,5-10,12,27H2. The molecule has 2 aromatic carbocycles. The molecule has 164 valence electrons. The molecular weight excluding hydrogens is 409 g/mol. The van der Waals surface area contributed by atoms with E-state index >= 15 is 0 Å². The minimum Gasteiger partial charge on any atom is -0.453 e. The molecule has 1 atom stereocenters. The molecule has 3 N–H and O–H groups in total. The first-order chi connectivity index (χ1) is 15.5. The lowest BCUT2D eigenvalue weighted by atomic mass is 9.77. The number of benzene rings is 2. The van der Waals surface area contributed by atoms with Crippen LogP contribution >= 0.6 is 0 Å². The van der Waals surface area contributed by atoms with Crippen molar-refractivity contribution in [2.24, 2.45) is 5.41 Å². The minimum atomic E-state index is -0.697. The molecule has 2 heterocycles. The zero-order valence-electron chi connectivity index (χ0n) is 17.6. The van der Waals surface area contributed by atoms with Crippen molar-refractivity contribution in [3.05, 3.63) is 58.4 Å². The van der Waals surface area contributed by atoms with Gasteiger partial charge in [-0.3, -0.25) is 9.36 Å². The summed E-state index contributed by atoms with van der Waals surface area (Å²) in [7, 11) is 0. The lowest BCUT2D eigenvalue weighted by Crippen LogP contribution is -2.35. The third kappa shape index (κ3) is 3.49. The molecule has 1 saturated heterocycles. The highest BCUT2D eigenvalue weighted by molar-refractivity contribution is 5.79. The fraction of sp³-hybridized carbons (Fsp3) is 0.375. The number of halogens is 1. The first-order valence-electron chi connectivity index (χ1n) is 10.9. The second kappa shape index (κ2) is 7.92. The number of fused-ring (bicyclic) bond motifs is 1. The van der Waals surface area contributed by atoms with E-state index in [4.69, 9.17) is 10.5 Å². The van der Waals surface area contributed by atoms with Crippen molar-refractivity contribution >= 4 is 16.6 Å². The van der Waals surface area contributed by atoms with Gasteiger partial charge in [0.25, 0.3) is 5.56 Å². The Balaban J connectivity index is 1.49. The number of nitrogens with zero attached hydrogens (tertiary/aromatic N) is 3. The van der Waals surface area contributed by atoms with E-state index < -0.39 is 5.82 Å². The summed E-state index contributed by atoms with van der Waals surface area (Å²) in [5.41, 5.74) is 6.55. The van der Waals surface area contributed by atoms with E-state index in [-0.39, 0.29) is 34.4 Å². The molecule has 1 aromatic heterocycles. The summed E-state index contributed by atoms with van der Waals surface area (Å²) >= 11 is 0. The number of anilines is 1. The molecular formula is C24H24FN5O2. The average molecular weight is 433 g/mol. The summed E-state index contributed by atoms with van der Waals surface area (Å²) in [6, 6.07) is 9.29. The molecule has 1 aliphatic carbocycles. The van der Waals surface area contributed by atoms with Crippen molar-refractivity contribution in [1.29, 1.82) is 5.26 Å². The molecule has 3 aromatic rings. The lowest BCUT2D eigenvalue weighted by Gasteiger charge is -2.34. The number of hydrogen-bond donors (Lipinski definition) is 2. The van der Waals surface area contributed by atoms with Gasteiger partial charge in [0, 0.05) is 6.04 Å². The number of rotatable bonds is 3. The van der Waals surface area contributed by atoms with Gasteiger partial charge in [-0.2, -0.15) is 5.26 Å². The van der Waals surface area contributed by atoms with Gasteiger partial charge in [-0.15, -0.1) is 0 Å². The van der Waals surface area contributed by atoms with Gasteiger partial charge in [-0.1, -0.05) is 0 Å². The Morgan fingerprint density at radius 1 is 1.25 bits per heavy atom. The van der Waals surface area contributed by atoms with Gasteiger partial charge < -0.3 is 15.8 Å². The Kier molecular flexibility index (Phi) is 5.06. The van der Waals surface area contributed by atoms with Crippen molar-refractivity contribution < 1.29 is 9.13 Å². The van der Waals surface area contributed by atoms with Gasteiger partial charge in [-0.25, -0.2) is 9.37 Å². The van der Waals surface area contributed by atoms with Crippen LogP contribution < -0.4 is 21.3 Å². The van der Waals surface area contributed by atoms with Crippen LogP contribution in [0.2, 0.25) is 0 Å². The van der Waals surface area contributed by atoms with E-state index in [1.807, 2.05) is 6.07 Å². The van der Waals surface area contributed by atoms with Crippen LogP contribution in [0.1, 0.15) is 43.7 Å². The van der Waals surface area contributed by atoms with Gasteiger partial charge >= 0.3 is 0 Å². The van der Waals surface area contributed by atoms with Crippen LogP contribution in [-0.4, -0.2) is 22.6 Å². The quantitative estimate of drug-likeness (QED) is 0.607. The van der Waals surface area contributed by atoms with Crippen molar-refractivity contribution in [3.8, 4) is 17.6 Å². The maximum absolute atomic E-state index is 14.3. The van der Waals surface area contributed by atoms with E-state index in [1.165, 1.54) is 6.07 Å². The predicted octanol–water partition coefficient (Wildman–Crippen LogP) is 3.88. The maximum Gasteiger partial charge on any atom is 0.261 e. The summed E-state index contributed by atoms with van der Waals surface area (Å²) in [5.74, 6) is -0.700. The third-order valence-electron chi connectivity index (χ3n) is 6.96. The number of nitrogen functional groups attached to an aromatic ring is 1. The molecule has 7 nitrogen and oxygen atoms in total. The second-order valence-electron chi connectivity index (χ2n) is 8.84. The Bertz CT molecular complexity index is 1290. The summed E-state index contributed by atoms with van der Waals surface area (Å²) in [6.45, 7) is 2.06. The van der Waals surface area contributed by atoms with Crippen LogP contribution in [0.25, 0.3) is 10.9 Å². The molecule has 5 rings (SSSR count). The van der Waals surface area contributed by atoms with E-state index in [0.29, 0.717) is 16.3 Å². The molecule has 1 spiro atoms. The molecule has 1 aliphatic heterocycles. The van der Waals surface area contributed by atoms with E-state index in [2.05, 4.69) is 10.3 Å². The second-order valence-corrected chi connectivity index (χ2v) is 8.84. The van der Waals surface area contributed by atoms with Crippen molar-refractivity contribution in [2.45, 2.75) is 38.1 Å². The van der Waals surface area contributed by atoms with E-state index in [1.54, 1.807) is 29.1 Å². The fourth-order valence-corrected chi connectivity index (χ4v) is 5.17. The van der Waals surface area contributed by atoms with Gasteiger partial charge in [0.15, 0.2) is 11.6 Å². The number of nitrogens with two attached hydrogens (primary N) is 1. The summed E-state index contributed by atoms with van der Waals surface area (Å²) in [4.78, 5) is 17.8. The molecule has 0 amide bonds. The Morgan fingerprint density at radius 3 is 2.84 bits per heavy atom. The summed E-state index contributed by atoms with van der Waals surface area (Å²) in [5, 5.41) is 13.2. The van der Waals surface area contributed by atoms with Crippen LogP contribution in [0.4, 0.5) is 10.1 Å². The van der Waals surface area contributed by atoms with Crippen molar-refractivity contribution in [1.82, 2.24) is 14.9 Å². The highest BCUT2D eigenvalue weighted by Crippen LogP contribution is 2.49. The van der Waals surface area contributed by atoms with Crippen molar-refractivity contribution in [2.75, 3.05) is 18.8 Å². The van der Waals surface area contributed by atoms with Crippen LogP contribution in [-0.2, 0) is 0 Å². The molecule has 2 aliphatic rings. The van der Waals surface area contributed by atoms with Crippen LogP contribution in [0, 0.1) is 22.6 Å². The normalized spacial score (nSPS) is 19.8. The Hall–Kier alpha value is -3.44. The molecule has 0 radical (unpaired) electrons. The number of piperidine rings is 1. The van der Waals surface area contributed by atoms with Gasteiger partial charge in [-0.05, 0) is 80.9 Å². The highest BCUT2D eigenvalue weighted by Gasteiger charge is 2.40. The van der Waals surface area contributed by atoms with Gasteiger partial charge in [0.1, 0.15) is 17.4 Å². The SMILES string of the molecule is N#Cc1c(N)ccc(F)c1Oc1ccc2ncn(C3CCC4(CCNCC4)C3)c(=O)c2c1. The van der Waals surface area contributed by atoms with Crippen LogP contribution in [0.3, 0.4) is 0 Å². The minimum absolute atomic E-state index is 0.0769. The highest BCUT2D eigenvalue weighted by atomic mass is 19.1. The number of aromatic nitrogens is 2. The topological polar surface area (TPSA) is 106 Å². The molecule has 1 saturated carbocycles. The molecule has 32 heavy (non-hydrogen) atoms. The first-order valence-corrected chi connectivity index (χ1v) is 10.9. The van der Waals surface area contributed by atoms with E-state index in [0.717, 1.165) is 51.3 Å². The Labute approximate surface area is 184 Å². The molecule has 0 bridgehead atoms. The van der Waals surface area contributed by atoms with Crippen LogP contribution in [0.15, 0.2) is 41.5 Å². The smallest absolute Gasteiger partial charge is 0.261 e. The predicted molar refractivity (Wildman–Crippen MR) is 119 cm³/mol. The largest absolute Gasteiger partial charge is 0.453 e. The third-order valence-corrected chi connectivity index (χ3v) is 6.96. The zero-order chi connectivity index (χ0) is 22.3. The average Bonchev–Trinajstić information content (AvgIpc) is 3.20. The molecule has 2 fully saturated rings. The van der Waals surface area contributed by atoms with E-state index in [9.17, 15) is 14.4 Å². The zero-order valence-corrected chi connectivity index (χ0v) is 17.6. The maximum atomic E-state index is 14.3. The van der Waals surface area contributed by atoms with Gasteiger partial charge in [0.05, 0.1) is 22.9 Å². The van der Waals surface area contributed by atoms with Crippen LogP contribution in [0.5, 0.6) is 11.5 Å². The lowest BCUT2D eigenvalue weighted by molar-refractivity contribution is 0.201. The summed E-state index contributed by atoms with van der Waals surface area (Å²) < 4.78 is 21.7. The number of ether oxygens (including phenoxy) is 1. The Morgan fingerprint density at radius 2 is 2.06 bits per heavy atom. The summed E-state index contributed by atoms with van der Waals surface area (Å²) in [6.07, 6.45) is 7.00. The number of nitriles is 1. The first kappa shape index (κ1) is 20.5. The van der Waals surface area contributed by atoms with Crippen molar-refractivity contribution in [3.63, 3.8) is 0 Å².